The van der Waals surface area contributed by atoms with E-state index in [1.807, 2.05) is 0 Å². The lowest BCUT2D eigenvalue weighted by atomic mass is 9.97. The van der Waals surface area contributed by atoms with Gasteiger partial charge in [-0.2, -0.15) is 0 Å². The zero-order valence-electron chi connectivity index (χ0n) is 14.1. The molecule has 28 heavy (non-hydrogen) atoms. The second-order valence-corrected chi connectivity index (χ2v) is 6.06. The Hall–Kier alpha value is -4.09. The average Bonchev–Trinajstić information content (AvgIpc) is 2.65. The summed E-state index contributed by atoms with van der Waals surface area (Å²) in [6.07, 6.45) is 0.376. The fourth-order valence-electron chi connectivity index (χ4n) is 3.19. The largest absolute Gasteiger partial charge is 0.478 e. The Bertz CT molecular complexity index is 1000. The summed E-state index contributed by atoms with van der Waals surface area (Å²) in [5.41, 5.74) is -1.07. The van der Waals surface area contributed by atoms with Crippen LogP contribution in [0.2, 0.25) is 0 Å². The van der Waals surface area contributed by atoms with E-state index in [0.717, 1.165) is 11.6 Å². The fraction of sp³-hybridized carbons (Fsp3) is 0.188. The molecule has 0 aliphatic carbocycles. The number of hydrogen-bond donors (Lipinski definition) is 1. The Balaban J connectivity index is 2.14. The first-order valence-corrected chi connectivity index (χ1v) is 7.90. The van der Waals surface area contributed by atoms with Crippen molar-refractivity contribution >= 4 is 28.7 Å². The standard InChI is InChI=1S/C16H12N4O8/c21-16(22)13-6-12(19(25)26)7-14(20(27)28)15(13)17-4-3-9-1-2-11(18(23)24)5-10(9)8-17/h1-2,5-7H,3-4,8H2,(H,21,22). The van der Waals surface area contributed by atoms with Gasteiger partial charge >= 0.3 is 5.97 Å². The molecule has 3 rings (SSSR count). The average molecular weight is 388 g/mol. The van der Waals surface area contributed by atoms with Crippen molar-refractivity contribution in [3.63, 3.8) is 0 Å². The third kappa shape index (κ3) is 3.30. The normalized spacial score (nSPS) is 12.9. The predicted molar refractivity (Wildman–Crippen MR) is 94.6 cm³/mol. The Morgan fingerprint density at radius 2 is 1.61 bits per heavy atom. The highest BCUT2D eigenvalue weighted by Gasteiger charge is 2.32. The Morgan fingerprint density at radius 3 is 2.18 bits per heavy atom. The molecule has 0 atom stereocenters. The highest BCUT2D eigenvalue weighted by Crippen LogP contribution is 2.39. The van der Waals surface area contributed by atoms with Crippen LogP contribution >= 0.6 is 0 Å². The summed E-state index contributed by atoms with van der Waals surface area (Å²) in [5, 5.41) is 42.9. The first kappa shape index (κ1) is 18.7. The number of carboxylic acids is 1. The number of aromatic carboxylic acids is 1. The molecule has 0 amide bonds. The van der Waals surface area contributed by atoms with Crippen LogP contribution in [0.25, 0.3) is 0 Å². The van der Waals surface area contributed by atoms with Crippen molar-refractivity contribution in [2.75, 3.05) is 11.4 Å². The van der Waals surface area contributed by atoms with Crippen molar-refractivity contribution in [1.29, 1.82) is 0 Å². The molecule has 0 saturated carbocycles. The van der Waals surface area contributed by atoms with Crippen LogP contribution in [0.4, 0.5) is 22.7 Å². The molecule has 0 spiro atoms. The molecule has 0 bridgehead atoms. The number of nitro benzene ring substituents is 3. The molecule has 12 heteroatoms. The van der Waals surface area contributed by atoms with Crippen LogP contribution in [-0.4, -0.2) is 32.4 Å². The van der Waals surface area contributed by atoms with Crippen molar-refractivity contribution < 1.29 is 24.7 Å². The van der Waals surface area contributed by atoms with E-state index in [0.29, 0.717) is 18.1 Å². The number of non-ortho nitro benzene ring substituents is 2. The van der Waals surface area contributed by atoms with Crippen molar-refractivity contribution in [1.82, 2.24) is 0 Å². The number of hydrogen-bond acceptors (Lipinski definition) is 8. The smallest absolute Gasteiger partial charge is 0.338 e. The Kier molecular flexibility index (Phi) is 4.61. The van der Waals surface area contributed by atoms with E-state index in [-0.39, 0.29) is 24.5 Å². The summed E-state index contributed by atoms with van der Waals surface area (Å²) in [6.45, 7) is 0.208. The molecule has 144 valence electrons. The van der Waals surface area contributed by atoms with E-state index in [1.54, 1.807) is 6.07 Å². The summed E-state index contributed by atoms with van der Waals surface area (Å²) in [6, 6.07) is 5.76. The SMILES string of the molecule is O=C(O)c1cc([N+](=O)[O-])cc([N+](=O)[O-])c1N1CCc2ccc([N+](=O)[O-])cc2C1. The van der Waals surface area contributed by atoms with Crippen LogP contribution in [0, 0.1) is 30.3 Å². The Morgan fingerprint density at radius 1 is 0.929 bits per heavy atom. The fourth-order valence-corrected chi connectivity index (χ4v) is 3.19. The van der Waals surface area contributed by atoms with Crippen molar-refractivity contribution in [3.8, 4) is 0 Å². The number of nitro groups is 3. The van der Waals surface area contributed by atoms with Gasteiger partial charge in [-0.3, -0.25) is 30.3 Å². The third-order valence-electron chi connectivity index (χ3n) is 4.44. The van der Waals surface area contributed by atoms with Gasteiger partial charge in [-0.25, -0.2) is 4.79 Å². The number of carboxylic acid groups (broad SMARTS) is 1. The highest BCUT2D eigenvalue weighted by molar-refractivity contribution is 5.98. The number of benzene rings is 2. The van der Waals surface area contributed by atoms with Crippen LogP contribution in [0.5, 0.6) is 0 Å². The molecule has 0 saturated heterocycles. The number of nitrogens with zero attached hydrogens (tertiary/aromatic N) is 4. The molecule has 0 radical (unpaired) electrons. The van der Waals surface area contributed by atoms with Gasteiger partial charge in [0.05, 0.1) is 26.4 Å². The van der Waals surface area contributed by atoms with E-state index < -0.39 is 37.7 Å². The zero-order chi connectivity index (χ0) is 20.6. The maximum Gasteiger partial charge on any atom is 0.338 e. The number of anilines is 1. The van der Waals surface area contributed by atoms with Crippen LogP contribution in [-0.2, 0) is 13.0 Å². The molecule has 2 aromatic rings. The lowest BCUT2D eigenvalue weighted by Crippen LogP contribution is -2.32. The third-order valence-corrected chi connectivity index (χ3v) is 4.44. The molecule has 0 aromatic heterocycles. The molecular weight excluding hydrogens is 376 g/mol. The molecule has 1 aliphatic heterocycles. The molecule has 1 heterocycles. The lowest BCUT2D eigenvalue weighted by molar-refractivity contribution is -0.393. The van der Waals surface area contributed by atoms with E-state index in [9.17, 15) is 40.2 Å². The summed E-state index contributed by atoms with van der Waals surface area (Å²) in [7, 11) is 0. The van der Waals surface area contributed by atoms with Gasteiger partial charge in [0.25, 0.3) is 17.1 Å². The quantitative estimate of drug-likeness (QED) is 0.597. The summed E-state index contributed by atoms with van der Waals surface area (Å²) < 4.78 is 0. The summed E-state index contributed by atoms with van der Waals surface area (Å²) >= 11 is 0. The monoisotopic (exact) mass is 388 g/mol. The van der Waals surface area contributed by atoms with Gasteiger partial charge in [-0.15, -0.1) is 0 Å². The second kappa shape index (κ2) is 6.90. The van der Waals surface area contributed by atoms with Crippen LogP contribution in [0.3, 0.4) is 0 Å². The maximum absolute atomic E-state index is 11.6. The second-order valence-electron chi connectivity index (χ2n) is 6.06. The van der Waals surface area contributed by atoms with Crippen LogP contribution < -0.4 is 4.90 Å². The minimum atomic E-state index is -1.55. The first-order chi connectivity index (χ1) is 13.2. The van der Waals surface area contributed by atoms with Gasteiger partial charge in [-0.1, -0.05) is 6.07 Å². The first-order valence-electron chi connectivity index (χ1n) is 7.90. The Labute approximate surface area is 156 Å². The molecule has 0 fully saturated rings. The summed E-state index contributed by atoms with van der Waals surface area (Å²) in [5.74, 6) is -1.55. The van der Waals surface area contributed by atoms with E-state index in [1.165, 1.54) is 17.0 Å². The summed E-state index contributed by atoms with van der Waals surface area (Å²) in [4.78, 5) is 44.2. The van der Waals surface area contributed by atoms with Gasteiger partial charge < -0.3 is 10.0 Å². The zero-order valence-corrected chi connectivity index (χ0v) is 14.1. The van der Waals surface area contributed by atoms with E-state index in [2.05, 4.69) is 0 Å². The van der Waals surface area contributed by atoms with Gasteiger partial charge in [0, 0.05) is 31.3 Å². The minimum absolute atomic E-state index is 0.00402. The van der Waals surface area contributed by atoms with Gasteiger partial charge in [0.15, 0.2) is 0 Å². The van der Waals surface area contributed by atoms with Crippen molar-refractivity contribution in [2.45, 2.75) is 13.0 Å². The number of carbonyl (C=O) groups is 1. The van der Waals surface area contributed by atoms with Crippen molar-refractivity contribution in [3.05, 3.63) is 77.4 Å². The van der Waals surface area contributed by atoms with Crippen LogP contribution in [0.15, 0.2) is 30.3 Å². The van der Waals surface area contributed by atoms with Crippen LogP contribution in [0.1, 0.15) is 21.5 Å². The van der Waals surface area contributed by atoms with E-state index in [4.69, 9.17) is 0 Å². The molecule has 0 unspecified atom stereocenters. The van der Waals surface area contributed by atoms with Gasteiger partial charge in [-0.05, 0) is 17.5 Å². The topological polar surface area (TPSA) is 170 Å². The predicted octanol–water partition coefficient (Wildman–Crippen LogP) is 2.67. The molecule has 1 aliphatic rings. The number of fused-ring (bicyclic) bond motifs is 1. The minimum Gasteiger partial charge on any atom is -0.478 e. The molecular formula is C16H12N4O8. The van der Waals surface area contributed by atoms with Crippen molar-refractivity contribution in [2.24, 2.45) is 0 Å². The molecule has 12 nitrogen and oxygen atoms in total. The van der Waals surface area contributed by atoms with Gasteiger partial charge in [0.2, 0.25) is 0 Å². The highest BCUT2D eigenvalue weighted by atomic mass is 16.6. The number of rotatable bonds is 5. The maximum atomic E-state index is 11.6. The molecule has 2 aromatic carbocycles. The molecule has 1 N–H and O–H groups in total. The van der Waals surface area contributed by atoms with E-state index >= 15 is 0 Å². The van der Waals surface area contributed by atoms with Gasteiger partial charge in [0.1, 0.15) is 5.69 Å². The lowest BCUT2D eigenvalue weighted by Gasteiger charge is -2.31.